The van der Waals surface area contributed by atoms with E-state index in [-0.39, 0.29) is 6.03 Å². The van der Waals surface area contributed by atoms with Gasteiger partial charge in [-0.05, 0) is 37.1 Å². The van der Waals surface area contributed by atoms with E-state index in [0.717, 1.165) is 37.4 Å². The molecule has 1 heterocycles. The Morgan fingerprint density at radius 3 is 2.22 bits per heavy atom. The number of amides is 2. The van der Waals surface area contributed by atoms with Crippen LogP contribution in [-0.4, -0.2) is 29.3 Å². The molecule has 0 saturated carbocycles. The van der Waals surface area contributed by atoms with Gasteiger partial charge in [-0.15, -0.1) is 10.2 Å². The fourth-order valence-electron chi connectivity index (χ4n) is 2.24. The lowest BCUT2D eigenvalue weighted by atomic mass is 10.3. The first-order valence-electron chi connectivity index (χ1n) is 7.94. The lowest BCUT2D eigenvalue weighted by Gasteiger charge is -2.21. The summed E-state index contributed by atoms with van der Waals surface area (Å²) in [5.41, 5.74) is 0.728. The fourth-order valence-corrected chi connectivity index (χ4v) is 2.24. The van der Waals surface area contributed by atoms with Gasteiger partial charge in [-0.2, -0.15) is 0 Å². The van der Waals surface area contributed by atoms with E-state index < -0.39 is 0 Å². The van der Waals surface area contributed by atoms with Crippen LogP contribution in [0.3, 0.4) is 0 Å². The maximum atomic E-state index is 11.9. The van der Waals surface area contributed by atoms with Gasteiger partial charge in [-0.3, -0.25) is 5.32 Å². The summed E-state index contributed by atoms with van der Waals surface area (Å²) < 4.78 is 0. The third-order valence-corrected chi connectivity index (χ3v) is 3.23. The Kier molecular flexibility index (Phi) is 6.35. The van der Waals surface area contributed by atoms with Gasteiger partial charge in [0.2, 0.25) is 0 Å². The zero-order valence-corrected chi connectivity index (χ0v) is 13.6. The molecule has 0 spiro atoms. The van der Waals surface area contributed by atoms with Crippen molar-refractivity contribution in [3.63, 3.8) is 0 Å². The number of urea groups is 1. The molecule has 0 saturated heterocycles. The molecular formula is C17H23N5O. The van der Waals surface area contributed by atoms with Gasteiger partial charge in [-0.25, -0.2) is 4.79 Å². The number of hydrogen-bond donors (Lipinski definition) is 2. The van der Waals surface area contributed by atoms with Gasteiger partial charge in [-0.1, -0.05) is 32.0 Å². The van der Waals surface area contributed by atoms with Gasteiger partial charge < -0.3 is 10.2 Å². The van der Waals surface area contributed by atoms with Crippen LogP contribution in [0.1, 0.15) is 26.7 Å². The Bertz CT molecular complexity index is 594. The van der Waals surface area contributed by atoms with Crippen molar-refractivity contribution in [2.45, 2.75) is 26.7 Å². The van der Waals surface area contributed by atoms with Crippen molar-refractivity contribution in [1.82, 2.24) is 10.2 Å². The highest BCUT2D eigenvalue weighted by molar-refractivity contribution is 5.99. The number of nitrogens with one attached hydrogen (secondary N) is 2. The van der Waals surface area contributed by atoms with Crippen LogP contribution in [0.5, 0.6) is 0 Å². The molecule has 2 amide bonds. The molecule has 6 nitrogen and oxygen atoms in total. The quantitative estimate of drug-likeness (QED) is 0.817. The van der Waals surface area contributed by atoms with Gasteiger partial charge in [0.05, 0.1) is 0 Å². The summed E-state index contributed by atoms with van der Waals surface area (Å²) in [7, 11) is 0. The number of carbonyl (C=O) groups is 1. The fraction of sp³-hybridized carbons (Fsp3) is 0.353. The second-order valence-electron chi connectivity index (χ2n) is 5.21. The van der Waals surface area contributed by atoms with E-state index >= 15 is 0 Å². The average Bonchev–Trinajstić information content (AvgIpc) is 2.56. The van der Waals surface area contributed by atoms with Crippen LogP contribution in [0.2, 0.25) is 0 Å². The summed E-state index contributed by atoms with van der Waals surface area (Å²) in [6.07, 6.45) is 2.11. The zero-order chi connectivity index (χ0) is 16.5. The highest BCUT2D eigenvalue weighted by Gasteiger charge is 2.08. The Morgan fingerprint density at radius 2 is 1.65 bits per heavy atom. The SMILES string of the molecule is CCCN(CCC)c1ccc(NC(=O)Nc2ccccc2)nn1. The second kappa shape index (κ2) is 8.73. The topological polar surface area (TPSA) is 70.2 Å². The Hall–Kier alpha value is -2.63. The lowest BCUT2D eigenvalue weighted by molar-refractivity contribution is 0.262. The molecule has 122 valence electrons. The van der Waals surface area contributed by atoms with Crippen LogP contribution >= 0.6 is 0 Å². The van der Waals surface area contributed by atoms with Crippen LogP contribution in [-0.2, 0) is 0 Å². The van der Waals surface area contributed by atoms with E-state index in [1.54, 1.807) is 6.07 Å². The molecule has 2 N–H and O–H groups in total. The number of aromatic nitrogens is 2. The number of rotatable bonds is 7. The van der Waals surface area contributed by atoms with E-state index in [2.05, 4.69) is 39.6 Å². The molecule has 0 fully saturated rings. The number of nitrogens with zero attached hydrogens (tertiary/aromatic N) is 3. The largest absolute Gasteiger partial charge is 0.355 e. The molecule has 1 aromatic heterocycles. The van der Waals surface area contributed by atoms with Gasteiger partial charge >= 0.3 is 6.03 Å². The summed E-state index contributed by atoms with van der Waals surface area (Å²) in [4.78, 5) is 14.1. The average molecular weight is 313 g/mol. The molecule has 1 aromatic carbocycles. The number of carbonyl (C=O) groups excluding carboxylic acids is 1. The third kappa shape index (κ3) is 5.25. The van der Waals surface area contributed by atoms with E-state index in [9.17, 15) is 4.79 Å². The lowest BCUT2D eigenvalue weighted by Crippen LogP contribution is -2.26. The maximum Gasteiger partial charge on any atom is 0.324 e. The van der Waals surface area contributed by atoms with Gasteiger partial charge in [0.1, 0.15) is 0 Å². The minimum atomic E-state index is -0.336. The number of anilines is 3. The van der Waals surface area contributed by atoms with Crippen molar-refractivity contribution in [1.29, 1.82) is 0 Å². The molecule has 0 aliphatic carbocycles. The standard InChI is InChI=1S/C17H23N5O/c1-3-12-22(13-4-2)16-11-10-15(20-21-16)19-17(23)18-14-8-6-5-7-9-14/h5-11H,3-4,12-13H2,1-2H3,(H2,18,19,20,23). The molecule has 23 heavy (non-hydrogen) atoms. The molecule has 6 heteroatoms. The van der Waals surface area contributed by atoms with E-state index in [1.807, 2.05) is 36.4 Å². The monoisotopic (exact) mass is 313 g/mol. The number of hydrogen-bond acceptors (Lipinski definition) is 4. The minimum absolute atomic E-state index is 0.336. The molecule has 2 aromatic rings. The molecule has 0 aliphatic rings. The zero-order valence-electron chi connectivity index (χ0n) is 13.6. The summed E-state index contributed by atoms with van der Waals surface area (Å²) in [6, 6.07) is 12.6. The van der Waals surface area contributed by atoms with E-state index in [0.29, 0.717) is 5.82 Å². The van der Waals surface area contributed by atoms with Crippen LogP contribution in [0.15, 0.2) is 42.5 Å². The van der Waals surface area contributed by atoms with Gasteiger partial charge in [0.15, 0.2) is 11.6 Å². The summed E-state index contributed by atoms with van der Waals surface area (Å²) >= 11 is 0. The molecule has 0 unspecified atom stereocenters. The number of benzene rings is 1. The highest BCUT2D eigenvalue weighted by atomic mass is 16.2. The van der Waals surface area contributed by atoms with Crippen LogP contribution in [0, 0.1) is 0 Å². The first-order valence-corrected chi connectivity index (χ1v) is 7.94. The second-order valence-corrected chi connectivity index (χ2v) is 5.21. The van der Waals surface area contributed by atoms with Gasteiger partial charge in [0, 0.05) is 18.8 Å². The van der Waals surface area contributed by atoms with Gasteiger partial charge in [0.25, 0.3) is 0 Å². The molecule has 0 radical (unpaired) electrons. The Morgan fingerprint density at radius 1 is 0.957 bits per heavy atom. The molecule has 0 atom stereocenters. The Labute approximate surface area is 136 Å². The summed E-state index contributed by atoms with van der Waals surface area (Å²) in [5, 5.41) is 13.7. The van der Waals surface area contributed by atoms with Crippen molar-refractivity contribution in [2.24, 2.45) is 0 Å². The normalized spacial score (nSPS) is 10.2. The predicted molar refractivity (Wildman–Crippen MR) is 93.9 cm³/mol. The molecule has 2 rings (SSSR count). The molecule has 0 bridgehead atoms. The Balaban J connectivity index is 1.95. The number of para-hydroxylation sites is 1. The van der Waals surface area contributed by atoms with Crippen molar-refractivity contribution in [3.8, 4) is 0 Å². The van der Waals surface area contributed by atoms with Crippen molar-refractivity contribution in [3.05, 3.63) is 42.5 Å². The first kappa shape index (κ1) is 16.7. The smallest absolute Gasteiger partial charge is 0.324 e. The predicted octanol–water partition coefficient (Wildman–Crippen LogP) is 3.75. The van der Waals surface area contributed by atoms with E-state index in [1.165, 1.54) is 0 Å². The van der Waals surface area contributed by atoms with Crippen LogP contribution < -0.4 is 15.5 Å². The maximum absolute atomic E-state index is 11.9. The summed E-state index contributed by atoms with van der Waals surface area (Å²) in [5.74, 6) is 1.26. The molecular weight excluding hydrogens is 290 g/mol. The van der Waals surface area contributed by atoms with Crippen LogP contribution in [0.4, 0.5) is 22.1 Å². The van der Waals surface area contributed by atoms with Crippen molar-refractivity contribution >= 4 is 23.4 Å². The molecule has 0 aliphatic heterocycles. The first-order chi connectivity index (χ1) is 11.2. The van der Waals surface area contributed by atoms with E-state index in [4.69, 9.17) is 0 Å². The van der Waals surface area contributed by atoms with Crippen molar-refractivity contribution in [2.75, 3.05) is 28.6 Å². The minimum Gasteiger partial charge on any atom is -0.355 e. The van der Waals surface area contributed by atoms with Crippen molar-refractivity contribution < 1.29 is 4.79 Å². The van der Waals surface area contributed by atoms with Crippen LogP contribution in [0.25, 0.3) is 0 Å². The highest BCUT2D eigenvalue weighted by Crippen LogP contribution is 2.13. The summed E-state index contributed by atoms with van der Waals surface area (Å²) in [6.45, 7) is 6.17. The third-order valence-electron chi connectivity index (χ3n) is 3.23.